The minimum absolute atomic E-state index is 0.267. The number of hydrogen-bond donors (Lipinski definition) is 2. The highest BCUT2D eigenvalue weighted by atomic mass is 16.5. The van der Waals surface area contributed by atoms with Crippen LogP contribution in [0.5, 0.6) is 0 Å². The van der Waals surface area contributed by atoms with Gasteiger partial charge in [0.15, 0.2) is 0 Å². The molecule has 2 atom stereocenters. The van der Waals surface area contributed by atoms with Gasteiger partial charge >= 0.3 is 6.03 Å². The van der Waals surface area contributed by atoms with Gasteiger partial charge in [-0.05, 0) is 31.7 Å². The van der Waals surface area contributed by atoms with Gasteiger partial charge in [-0.3, -0.25) is 9.69 Å². The molecule has 3 fully saturated rings. The predicted octanol–water partition coefficient (Wildman–Crippen LogP) is 2.36. The third-order valence-corrected chi connectivity index (χ3v) is 7.44. The second-order valence-corrected chi connectivity index (χ2v) is 9.99. The van der Waals surface area contributed by atoms with Crippen molar-refractivity contribution < 1.29 is 14.3 Å². The van der Waals surface area contributed by atoms with Gasteiger partial charge in [0.05, 0.1) is 19.3 Å². The Kier molecular flexibility index (Phi) is 8.07. The van der Waals surface area contributed by atoms with Crippen LogP contribution in [0.25, 0.3) is 0 Å². The molecule has 8 heteroatoms. The van der Waals surface area contributed by atoms with Gasteiger partial charge < -0.3 is 20.3 Å². The van der Waals surface area contributed by atoms with Gasteiger partial charge in [-0.25, -0.2) is 4.79 Å². The van der Waals surface area contributed by atoms with E-state index in [0.717, 1.165) is 17.7 Å². The molecular formula is C26H37N5O3. The number of benzene rings is 1. The molecule has 184 valence electrons. The third-order valence-electron chi connectivity index (χ3n) is 7.44. The van der Waals surface area contributed by atoms with Crippen molar-refractivity contribution in [2.45, 2.75) is 69.5 Å². The maximum atomic E-state index is 13.5. The lowest BCUT2D eigenvalue weighted by Crippen LogP contribution is -2.59. The van der Waals surface area contributed by atoms with Crippen LogP contribution in [-0.4, -0.2) is 78.8 Å². The molecule has 1 aliphatic carbocycles. The molecule has 1 aromatic carbocycles. The van der Waals surface area contributed by atoms with Crippen molar-refractivity contribution in [3.63, 3.8) is 0 Å². The number of nitrogens with zero attached hydrogens (tertiary/aromatic N) is 3. The SMILES string of the molecule is Cc1ccc(CC(NC(=O)N2CCOCC2)C(=O)NC2(C#N)CCN(C3CCCCC3)C2)cc1. The molecule has 0 radical (unpaired) electrons. The average Bonchev–Trinajstić information content (AvgIpc) is 3.30. The monoisotopic (exact) mass is 467 g/mol. The molecule has 1 saturated carbocycles. The van der Waals surface area contributed by atoms with Crippen LogP contribution >= 0.6 is 0 Å². The Labute approximate surface area is 202 Å². The van der Waals surface area contributed by atoms with E-state index in [9.17, 15) is 14.9 Å². The summed E-state index contributed by atoms with van der Waals surface area (Å²) in [4.78, 5) is 30.5. The molecule has 3 amide bonds. The highest BCUT2D eigenvalue weighted by molar-refractivity contribution is 5.88. The first-order valence-corrected chi connectivity index (χ1v) is 12.6. The summed E-state index contributed by atoms with van der Waals surface area (Å²) in [6.07, 6.45) is 7.07. The molecule has 2 heterocycles. The largest absolute Gasteiger partial charge is 0.378 e. The minimum atomic E-state index is -0.913. The van der Waals surface area contributed by atoms with Crippen molar-refractivity contribution in [3.05, 3.63) is 35.4 Å². The Bertz CT molecular complexity index is 887. The molecule has 0 bridgehead atoms. The van der Waals surface area contributed by atoms with Crippen LogP contribution in [-0.2, 0) is 16.0 Å². The summed E-state index contributed by atoms with van der Waals surface area (Å²) in [7, 11) is 0. The van der Waals surface area contributed by atoms with Gasteiger partial charge in [-0.2, -0.15) is 5.26 Å². The lowest BCUT2D eigenvalue weighted by atomic mass is 9.94. The van der Waals surface area contributed by atoms with Crippen LogP contribution in [0, 0.1) is 18.3 Å². The Morgan fingerprint density at radius 2 is 1.85 bits per heavy atom. The van der Waals surface area contributed by atoms with E-state index in [1.165, 1.54) is 32.1 Å². The summed E-state index contributed by atoms with van der Waals surface area (Å²) < 4.78 is 5.34. The van der Waals surface area contributed by atoms with E-state index in [0.29, 0.717) is 51.7 Å². The molecule has 8 nitrogen and oxygen atoms in total. The van der Waals surface area contributed by atoms with Gasteiger partial charge in [0.1, 0.15) is 11.6 Å². The van der Waals surface area contributed by atoms with E-state index in [-0.39, 0.29) is 11.9 Å². The number of aryl methyl sites for hydroxylation is 1. The van der Waals surface area contributed by atoms with Crippen LogP contribution in [0.3, 0.4) is 0 Å². The standard InChI is InChI=1S/C26H37N5O3/c1-20-7-9-21(10-8-20)17-23(28-25(33)30-13-15-34-16-14-30)24(32)29-26(18-27)11-12-31(19-26)22-5-3-2-4-6-22/h7-10,22-23H,2-6,11-17,19H2,1H3,(H,28,33)(H,29,32). The smallest absolute Gasteiger partial charge is 0.318 e. The number of nitrogens with one attached hydrogen (secondary N) is 2. The first kappa shape index (κ1) is 24.5. The zero-order valence-corrected chi connectivity index (χ0v) is 20.2. The molecule has 34 heavy (non-hydrogen) atoms. The summed E-state index contributed by atoms with van der Waals surface area (Å²) in [5.74, 6) is -0.297. The fourth-order valence-electron chi connectivity index (χ4n) is 5.32. The number of amides is 3. The number of carbonyl (C=O) groups is 2. The molecule has 4 rings (SSSR count). The Morgan fingerprint density at radius 1 is 1.15 bits per heavy atom. The second-order valence-electron chi connectivity index (χ2n) is 9.99. The van der Waals surface area contributed by atoms with E-state index in [4.69, 9.17) is 4.74 Å². The number of rotatable bonds is 6. The predicted molar refractivity (Wildman–Crippen MR) is 129 cm³/mol. The fraction of sp³-hybridized carbons (Fsp3) is 0.654. The summed E-state index contributed by atoms with van der Waals surface area (Å²) in [5.41, 5.74) is 1.19. The van der Waals surface area contributed by atoms with E-state index < -0.39 is 11.6 Å². The Balaban J connectivity index is 1.45. The number of likely N-dealkylation sites (tertiary alicyclic amines) is 1. The van der Waals surface area contributed by atoms with Crippen LogP contribution in [0.1, 0.15) is 49.7 Å². The first-order chi connectivity index (χ1) is 16.5. The van der Waals surface area contributed by atoms with Gasteiger partial charge in [-0.15, -0.1) is 0 Å². The number of carbonyl (C=O) groups excluding carboxylic acids is 2. The van der Waals surface area contributed by atoms with Crippen molar-refractivity contribution in [2.24, 2.45) is 0 Å². The highest BCUT2D eigenvalue weighted by Crippen LogP contribution is 2.29. The number of ether oxygens (including phenoxy) is 1. The number of morpholine rings is 1. The van der Waals surface area contributed by atoms with Crippen molar-refractivity contribution in [2.75, 3.05) is 39.4 Å². The summed E-state index contributed by atoms with van der Waals surface area (Å²) in [6, 6.07) is 9.86. The molecule has 2 saturated heterocycles. The number of nitriles is 1. The third kappa shape index (κ3) is 6.08. The van der Waals surface area contributed by atoms with Gasteiger partial charge in [0.25, 0.3) is 0 Å². The molecule has 0 spiro atoms. The zero-order chi connectivity index (χ0) is 24.0. The summed E-state index contributed by atoms with van der Waals surface area (Å²) in [6.45, 7) is 5.39. The average molecular weight is 468 g/mol. The van der Waals surface area contributed by atoms with Crippen LogP contribution < -0.4 is 10.6 Å². The highest BCUT2D eigenvalue weighted by Gasteiger charge is 2.43. The van der Waals surface area contributed by atoms with E-state index in [2.05, 4.69) is 21.6 Å². The van der Waals surface area contributed by atoms with Crippen molar-refractivity contribution >= 4 is 11.9 Å². The normalized spacial score (nSPS) is 24.9. The topological polar surface area (TPSA) is 97.7 Å². The molecular weight excluding hydrogens is 430 g/mol. The van der Waals surface area contributed by atoms with Crippen molar-refractivity contribution in [1.82, 2.24) is 20.4 Å². The lowest BCUT2D eigenvalue weighted by Gasteiger charge is -2.33. The molecule has 2 aliphatic heterocycles. The van der Waals surface area contributed by atoms with Crippen molar-refractivity contribution in [1.29, 1.82) is 5.26 Å². The fourth-order valence-corrected chi connectivity index (χ4v) is 5.32. The van der Waals surface area contributed by atoms with Crippen molar-refractivity contribution in [3.8, 4) is 6.07 Å². The Morgan fingerprint density at radius 3 is 2.53 bits per heavy atom. The molecule has 2 unspecified atom stereocenters. The maximum absolute atomic E-state index is 13.5. The molecule has 2 N–H and O–H groups in total. The van der Waals surface area contributed by atoms with E-state index >= 15 is 0 Å². The molecule has 0 aromatic heterocycles. The van der Waals surface area contributed by atoms with Crippen LogP contribution in [0.2, 0.25) is 0 Å². The quantitative estimate of drug-likeness (QED) is 0.669. The second kappa shape index (κ2) is 11.2. The van der Waals surface area contributed by atoms with Gasteiger partial charge in [-0.1, -0.05) is 49.1 Å². The summed E-state index contributed by atoms with van der Waals surface area (Å²) in [5, 5.41) is 16.1. The van der Waals surface area contributed by atoms with Gasteiger partial charge in [0, 0.05) is 38.6 Å². The summed E-state index contributed by atoms with van der Waals surface area (Å²) >= 11 is 0. The lowest BCUT2D eigenvalue weighted by molar-refractivity contribution is -0.124. The molecule has 1 aromatic rings. The van der Waals surface area contributed by atoms with E-state index in [1.807, 2.05) is 31.2 Å². The zero-order valence-electron chi connectivity index (χ0n) is 20.2. The number of urea groups is 1. The number of hydrogen-bond acceptors (Lipinski definition) is 5. The van der Waals surface area contributed by atoms with Crippen LogP contribution in [0.15, 0.2) is 24.3 Å². The van der Waals surface area contributed by atoms with Crippen LogP contribution in [0.4, 0.5) is 4.79 Å². The first-order valence-electron chi connectivity index (χ1n) is 12.6. The Hall–Kier alpha value is -2.63. The van der Waals surface area contributed by atoms with Gasteiger partial charge in [0.2, 0.25) is 5.91 Å². The molecule has 3 aliphatic rings. The maximum Gasteiger partial charge on any atom is 0.318 e. The van der Waals surface area contributed by atoms with E-state index in [1.54, 1.807) is 4.90 Å². The minimum Gasteiger partial charge on any atom is -0.378 e.